The first kappa shape index (κ1) is 21.2. The lowest BCUT2D eigenvalue weighted by atomic mass is 9.99. The van der Waals surface area contributed by atoms with Crippen molar-refractivity contribution in [2.45, 2.75) is 25.8 Å². The van der Waals surface area contributed by atoms with E-state index >= 15 is 0 Å². The fraction of sp³-hybridized carbons (Fsp3) is 0.200. The molecule has 32 heavy (non-hydrogen) atoms. The largest absolute Gasteiger partial charge is 0.466 e. The monoisotopic (exact) mass is 428 g/mol. The molecule has 1 heterocycles. The van der Waals surface area contributed by atoms with Crippen molar-refractivity contribution in [1.29, 1.82) is 0 Å². The second-order valence-corrected chi connectivity index (χ2v) is 7.47. The quantitative estimate of drug-likeness (QED) is 0.415. The van der Waals surface area contributed by atoms with Crippen LogP contribution in [0, 0.1) is 0 Å². The molecule has 2 N–H and O–H groups in total. The number of fused-ring (bicyclic) bond motifs is 1. The van der Waals surface area contributed by atoms with Crippen molar-refractivity contribution in [3.8, 4) is 11.1 Å². The van der Waals surface area contributed by atoms with Gasteiger partial charge in [0.25, 0.3) is 5.91 Å². The van der Waals surface area contributed by atoms with Crippen molar-refractivity contribution in [3.63, 3.8) is 0 Å². The average molecular weight is 428 g/mol. The molecule has 1 amide bonds. The van der Waals surface area contributed by atoms with Crippen molar-refractivity contribution in [3.05, 3.63) is 83.9 Å². The highest BCUT2D eigenvalue weighted by molar-refractivity contribution is 5.97. The van der Waals surface area contributed by atoms with E-state index in [0.717, 1.165) is 16.7 Å². The Kier molecular flexibility index (Phi) is 6.55. The van der Waals surface area contributed by atoms with Crippen molar-refractivity contribution in [1.82, 2.24) is 20.7 Å². The molecule has 4 rings (SSSR count). The van der Waals surface area contributed by atoms with Crippen LogP contribution in [0.2, 0.25) is 0 Å². The van der Waals surface area contributed by atoms with Crippen LogP contribution in [0.15, 0.2) is 72.8 Å². The molecule has 3 aromatic carbocycles. The lowest BCUT2D eigenvalue weighted by molar-refractivity contribution is -0.143. The molecular weight excluding hydrogens is 404 g/mol. The van der Waals surface area contributed by atoms with E-state index in [9.17, 15) is 9.59 Å². The number of ether oxygens (including phenoxy) is 1. The van der Waals surface area contributed by atoms with Crippen LogP contribution in [-0.4, -0.2) is 39.9 Å². The fourth-order valence-electron chi connectivity index (χ4n) is 3.59. The van der Waals surface area contributed by atoms with Crippen molar-refractivity contribution >= 4 is 22.9 Å². The van der Waals surface area contributed by atoms with Gasteiger partial charge in [-0.15, -0.1) is 0 Å². The van der Waals surface area contributed by atoms with Gasteiger partial charge in [0.1, 0.15) is 11.0 Å². The summed E-state index contributed by atoms with van der Waals surface area (Å²) >= 11 is 0. The van der Waals surface area contributed by atoms with Gasteiger partial charge in [0.2, 0.25) is 0 Å². The number of benzene rings is 3. The molecule has 162 valence electrons. The van der Waals surface area contributed by atoms with Crippen LogP contribution in [0.3, 0.4) is 0 Å². The standard InChI is InChI=1S/C25H24N4O3/c1-2-32-24(30)16-21(26-25(31)20-12-13-22-23(15-20)28-29-27-22)14-17-8-10-19(11-9-17)18-6-4-3-5-7-18/h3-13,15,21H,2,14,16H2,1H3,(H,26,31)(H,27,28,29)/t21-/m1/s1. The Hall–Kier alpha value is -4.00. The zero-order valence-electron chi connectivity index (χ0n) is 17.7. The Bertz CT molecular complexity index is 1200. The number of hydrogen-bond donors (Lipinski definition) is 2. The second kappa shape index (κ2) is 9.87. The van der Waals surface area contributed by atoms with Gasteiger partial charge in [-0.05, 0) is 48.2 Å². The van der Waals surface area contributed by atoms with Crippen LogP contribution >= 0.6 is 0 Å². The van der Waals surface area contributed by atoms with Gasteiger partial charge in [-0.3, -0.25) is 9.59 Å². The molecule has 0 radical (unpaired) electrons. The van der Waals surface area contributed by atoms with Crippen molar-refractivity contribution < 1.29 is 14.3 Å². The molecule has 0 saturated carbocycles. The topological polar surface area (TPSA) is 97.0 Å². The second-order valence-electron chi connectivity index (χ2n) is 7.47. The number of nitrogens with one attached hydrogen (secondary N) is 2. The number of aromatic nitrogens is 3. The van der Waals surface area contributed by atoms with Crippen molar-refractivity contribution in [2.24, 2.45) is 0 Å². The smallest absolute Gasteiger partial charge is 0.307 e. The molecule has 0 aliphatic rings. The van der Waals surface area contributed by atoms with E-state index in [0.29, 0.717) is 29.6 Å². The Morgan fingerprint density at radius 1 is 0.938 bits per heavy atom. The van der Waals surface area contributed by atoms with Crippen LogP contribution in [-0.2, 0) is 16.0 Å². The van der Waals surface area contributed by atoms with Gasteiger partial charge in [0.05, 0.1) is 13.0 Å². The number of H-pyrrole nitrogens is 1. The third-order valence-corrected chi connectivity index (χ3v) is 5.18. The highest BCUT2D eigenvalue weighted by atomic mass is 16.5. The number of amides is 1. The first-order valence-electron chi connectivity index (χ1n) is 10.5. The number of carbonyl (C=O) groups excluding carboxylic acids is 2. The molecule has 0 saturated heterocycles. The molecule has 7 nitrogen and oxygen atoms in total. The molecule has 4 aromatic rings. The summed E-state index contributed by atoms with van der Waals surface area (Å²) < 4.78 is 5.11. The number of esters is 1. The van der Waals surface area contributed by atoms with Crippen LogP contribution in [0.4, 0.5) is 0 Å². The normalized spacial score (nSPS) is 11.8. The summed E-state index contributed by atoms with van der Waals surface area (Å²) in [5.41, 5.74) is 5.02. The maximum Gasteiger partial charge on any atom is 0.307 e. The van der Waals surface area contributed by atoms with E-state index < -0.39 is 6.04 Å². The molecule has 1 aromatic heterocycles. The zero-order valence-corrected chi connectivity index (χ0v) is 17.7. The third kappa shape index (κ3) is 5.18. The van der Waals surface area contributed by atoms with Gasteiger partial charge in [0, 0.05) is 11.6 Å². The van der Waals surface area contributed by atoms with E-state index in [1.807, 2.05) is 42.5 Å². The fourth-order valence-corrected chi connectivity index (χ4v) is 3.59. The molecule has 0 aliphatic heterocycles. The number of aromatic amines is 1. The SMILES string of the molecule is CCOC(=O)C[C@@H](Cc1ccc(-c2ccccc2)cc1)NC(=O)c1ccc2n[nH]nc2c1. The van der Waals surface area contributed by atoms with E-state index in [2.05, 4.69) is 32.9 Å². The first-order valence-corrected chi connectivity index (χ1v) is 10.5. The Balaban J connectivity index is 1.49. The number of nitrogens with zero attached hydrogens (tertiary/aromatic N) is 2. The minimum Gasteiger partial charge on any atom is -0.466 e. The Morgan fingerprint density at radius 3 is 2.41 bits per heavy atom. The molecular formula is C25H24N4O3. The molecule has 1 atom stereocenters. The molecule has 0 unspecified atom stereocenters. The van der Waals surface area contributed by atoms with Crippen LogP contribution in [0.25, 0.3) is 22.2 Å². The summed E-state index contributed by atoms with van der Waals surface area (Å²) in [4.78, 5) is 25.0. The molecule has 0 spiro atoms. The Morgan fingerprint density at radius 2 is 1.66 bits per heavy atom. The minimum atomic E-state index is -0.405. The van der Waals surface area contributed by atoms with Crippen LogP contribution in [0.5, 0.6) is 0 Å². The van der Waals surface area contributed by atoms with E-state index in [-0.39, 0.29) is 18.3 Å². The lowest BCUT2D eigenvalue weighted by Crippen LogP contribution is -2.38. The zero-order chi connectivity index (χ0) is 22.3. The third-order valence-electron chi connectivity index (χ3n) is 5.18. The van der Waals surface area contributed by atoms with E-state index in [1.165, 1.54) is 0 Å². The summed E-state index contributed by atoms with van der Waals surface area (Å²) in [6, 6.07) is 22.9. The average Bonchev–Trinajstić information content (AvgIpc) is 3.28. The first-order chi connectivity index (χ1) is 15.6. The lowest BCUT2D eigenvalue weighted by Gasteiger charge is -2.18. The predicted octanol–water partition coefficient (Wildman–Crippen LogP) is 3.92. The predicted molar refractivity (Wildman–Crippen MR) is 122 cm³/mol. The molecule has 0 aliphatic carbocycles. The van der Waals surface area contributed by atoms with Crippen LogP contribution < -0.4 is 5.32 Å². The minimum absolute atomic E-state index is 0.0895. The van der Waals surface area contributed by atoms with Gasteiger partial charge in [-0.1, -0.05) is 54.6 Å². The van der Waals surface area contributed by atoms with Crippen molar-refractivity contribution in [2.75, 3.05) is 6.61 Å². The van der Waals surface area contributed by atoms with Gasteiger partial charge < -0.3 is 10.1 Å². The number of carbonyl (C=O) groups is 2. The van der Waals surface area contributed by atoms with Crippen LogP contribution in [0.1, 0.15) is 29.3 Å². The van der Waals surface area contributed by atoms with Gasteiger partial charge in [-0.25, -0.2) is 0 Å². The van der Waals surface area contributed by atoms with E-state index in [4.69, 9.17) is 4.74 Å². The Labute approximate surface area is 185 Å². The number of hydrogen-bond acceptors (Lipinski definition) is 5. The maximum atomic E-state index is 12.9. The maximum absolute atomic E-state index is 12.9. The summed E-state index contributed by atoms with van der Waals surface area (Å²) in [5.74, 6) is -0.615. The molecule has 0 bridgehead atoms. The van der Waals surface area contributed by atoms with E-state index in [1.54, 1.807) is 25.1 Å². The number of rotatable bonds is 8. The van der Waals surface area contributed by atoms with Gasteiger partial charge in [0.15, 0.2) is 0 Å². The van der Waals surface area contributed by atoms with Gasteiger partial charge in [-0.2, -0.15) is 15.4 Å². The summed E-state index contributed by atoms with van der Waals surface area (Å²) in [5, 5.41) is 13.5. The molecule has 7 heteroatoms. The summed E-state index contributed by atoms with van der Waals surface area (Å²) in [7, 11) is 0. The van der Waals surface area contributed by atoms with Gasteiger partial charge >= 0.3 is 5.97 Å². The summed E-state index contributed by atoms with van der Waals surface area (Å²) in [6.07, 6.45) is 0.595. The summed E-state index contributed by atoms with van der Waals surface area (Å²) in [6.45, 7) is 2.06. The highest BCUT2D eigenvalue weighted by Gasteiger charge is 2.19. The molecule has 0 fully saturated rings. The highest BCUT2D eigenvalue weighted by Crippen LogP contribution is 2.20.